The maximum atomic E-state index is 10.4. The molecule has 0 saturated carbocycles. The number of imidazole rings is 1. The molecular weight excluding hydrogens is 176 g/mol. The molecule has 0 aliphatic rings. The van der Waals surface area contributed by atoms with Gasteiger partial charge in [-0.3, -0.25) is 5.73 Å². The molecule has 0 aromatic carbocycles. The van der Waals surface area contributed by atoms with Crippen molar-refractivity contribution < 1.29 is 10.0 Å². The molecular formula is C6H10N4O3. The number of nitrogens with two attached hydrogens (primary N) is 1. The van der Waals surface area contributed by atoms with Crippen molar-refractivity contribution in [3.63, 3.8) is 0 Å². The van der Waals surface area contributed by atoms with Gasteiger partial charge in [-0.05, 0) is 11.8 Å². The van der Waals surface area contributed by atoms with Crippen LogP contribution in [0.5, 0.6) is 0 Å². The van der Waals surface area contributed by atoms with Gasteiger partial charge in [0, 0.05) is 0 Å². The van der Waals surface area contributed by atoms with Crippen LogP contribution in [0.4, 0.5) is 5.95 Å². The van der Waals surface area contributed by atoms with E-state index in [4.69, 9.17) is 10.8 Å². The van der Waals surface area contributed by atoms with Crippen molar-refractivity contribution in [2.24, 2.45) is 5.73 Å². The summed E-state index contributed by atoms with van der Waals surface area (Å²) in [5.74, 6) is -0.367. The Bertz CT molecular complexity index is 309. The van der Waals surface area contributed by atoms with E-state index in [1.165, 1.54) is 19.3 Å². The molecule has 0 fully saturated rings. The Balaban J connectivity index is 3.00. The van der Waals surface area contributed by atoms with Gasteiger partial charge in [-0.25, -0.2) is 4.57 Å². The maximum Gasteiger partial charge on any atom is 0.435 e. The van der Waals surface area contributed by atoms with Gasteiger partial charge in [0.1, 0.15) is 12.4 Å². The van der Waals surface area contributed by atoms with Crippen molar-refractivity contribution in [1.82, 2.24) is 9.55 Å². The summed E-state index contributed by atoms with van der Waals surface area (Å²) in [5.41, 5.74) is 5.49. The van der Waals surface area contributed by atoms with E-state index in [0.717, 1.165) is 4.57 Å². The fourth-order valence-corrected chi connectivity index (χ4v) is 0.912. The van der Waals surface area contributed by atoms with Gasteiger partial charge in [0.05, 0.1) is 6.10 Å². The Kier molecular flexibility index (Phi) is 2.59. The molecule has 1 aromatic rings. The van der Waals surface area contributed by atoms with Crippen molar-refractivity contribution in [3.05, 3.63) is 22.5 Å². The number of aliphatic hydroxyl groups is 1. The first-order valence-corrected chi connectivity index (χ1v) is 3.65. The van der Waals surface area contributed by atoms with Gasteiger partial charge >= 0.3 is 5.95 Å². The second kappa shape index (κ2) is 3.50. The lowest BCUT2D eigenvalue weighted by Crippen LogP contribution is -2.29. The molecule has 2 unspecified atom stereocenters. The van der Waals surface area contributed by atoms with Crippen LogP contribution in [0.1, 0.15) is 13.1 Å². The molecule has 1 heterocycles. The minimum atomic E-state index is -0.868. The number of hydrogen-bond acceptors (Lipinski definition) is 5. The predicted octanol–water partition coefficient (Wildman–Crippen LogP) is -0.371. The third kappa shape index (κ3) is 1.82. The average Bonchev–Trinajstić information content (AvgIpc) is 2.50. The zero-order valence-electron chi connectivity index (χ0n) is 6.99. The zero-order chi connectivity index (χ0) is 10.0. The molecule has 0 bridgehead atoms. The normalized spacial score (nSPS) is 15.3. The number of hydrogen-bond donors (Lipinski definition) is 2. The molecule has 7 nitrogen and oxygen atoms in total. The quantitative estimate of drug-likeness (QED) is 0.494. The van der Waals surface area contributed by atoms with Crippen molar-refractivity contribution in [1.29, 1.82) is 0 Å². The summed E-state index contributed by atoms with van der Waals surface area (Å²) in [6.07, 6.45) is 0.909. The highest BCUT2D eigenvalue weighted by molar-refractivity contribution is 5.08. The number of nitrogens with zero attached hydrogens (tertiary/aromatic N) is 3. The number of rotatable bonds is 3. The van der Waals surface area contributed by atoms with E-state index in [9.17, 15) is 10.1 Å². The molecule has 0 saturated heterocycles. The van der Waals surface area contributed by atoms with E-state index in [1.807, 2.05) is 0 Å². The first-order valence-electron chi connectivity index (χ1n) is 3.65. The lowest BCUT2D eigenvalue weighted by molar-refractivity contribution is -0.397. The van der Waals surface area contributed by atoms with E-state index in [-0.39, 0.29) is 5.95 Å². The van der Waals surface area contributed by atoms with Gasteiger partial charge in [-0.1, -0.05) is 4.98 Å². The third-order valence-electron chi connectivity index (χ3n) is 1.63. The van der Waals surface area contributed by atoms with Crippen molar-refractivity contribution >= 4 is 5.95 Å². The Morgan fingerprint density at radius 1 is 1.85 bits per heavy atom. The van der Waals surface area contributed by atoms with Crippen molar-refractivity contribution in [2.75, 3.05) is 0 Å². The second-order valence-corrected chi connectivity index (χ2v) is 2.62. The highest BCUT2D eigenvalue weighted by atomic mass is 16.6. The van der Waals surface area contributed by atoms with Gasteiger partial charge in [0.2, 0.25) is 0 Å². The van der Waals surface area contributed by atoms with Gasteiger partial charge in [-0.15, -0.1) is 0 Å². The third-order valence-corrected chi connectivity index (χ3v) is 1.63. The summed E-state index contributed by atoms with van der Waals surface area (Å²) in [6, 6.07) is 0. The Hall–Kier alpha value is -1.47. The maximum absolute atomic E-state index is 10.4. The summed E-state index contributed by atoms with van der Waals surface area (Å²) in [6.45, 7) is 1.45. The van der Waals surface area contributed by atoms with Gasteiger partial charge in [0.15, 0.2) is 6.17 Å². The summed E-state index contributed by atoms with van der Waals surface area (Å²) in [5, 5.41) is 19.5. The summed E-state index contributed by atoms with van der Waals surface area (Å²) in [7, 11) is 0. The van der Waals surface area contributed by atoms with Crippen LogP contribution in [0.2, 0.25) is 0 Å². The van der Waals surface area contributed by atoms with Crippen LogP contribution in [0.15, 0.2) is 12.4 Å². The monoisotopic (exact) mass is 186 g/mol. The predicted molar refractivity (Wildman–Crippen MR) is 43.8 cm³/mol. The number of aromatic nitrogens is 2. The highest BCUT2D eigenvalue weighted by Gasteiger charge is 2.22. The van der Waals surface area contributed by atoms with Crippen LogP contribution >= 0.6 is 0 Å². The largest absolute Gasteiger partial charge is 0.435 e. The zero-order valence-corrected chi connectivity index (χ0v) is 6.99. The van der Waals surface area contributed by atoms with E-state index in [1.54, 1.807) is 0 Å². The smallest absolute Gasteiger partial charge is 0.390 e. The fraction of sp³-hybridized carbons (Fsp3) is 0.500. The average molecular weight is 186 g/mol. The van der Waals surface area contributed by atoms with Crippen LogP contribution in [0.25, 0.3) is 0 Å². The first kappa shape index (κ1) is 9.62. The second-order valence-electron chi connectivity index (χ2n) is 2.62. The molecule has 0 aliphatic heterocycles. The molecule has 3 N–H and O–H groups in total. The lowest BCUT2D eigenvalue weighted by atomic mass is 10.3. The molecule has 0 amide bonds. The van der Waals surface area contributed by atoms with E-state index in [0.29, 0.717) is 0 Å². The van der Waals surface area contributed by atoms with Crippen LogP contribution in [-0.4, -0.2) is 25.7 Å². The molecule has 0 radical (unpaired) electrons. The molecule has 72 valence electrons. The van der Waals surface area contributed by atoms with E-state index >= 15 is 0 Å². The minimum absolute atomic E-state index is 0.367. The summed E-state index contributed by atoms with van der Waals surface area (Å²) in [4.78, 5) is 13.2. The molecule has 1 aromatic heterocycles. The van der Waals surface area contributed by atoms with Gasteiger partial charge in [-0.2, -0.15) is 0 Å². The lowest BCUT2D eigenvalue weighted by Gasteiger charge is -2.12. The van der Waals surface area contributed by atoms with Gasteiger partial charge < -0.3 is 15.2 Å². The minimum Gasteiger partial charge on any atom is -0.390 e. The highest BCUT2D eigenvalue weighted by Crippen LogP contribution is 2.14. The molecule has 0 aliphatic carbocycles. The molecule has 2 atom stereocenters. The van der Waals surface area contributed by atoms with Gasteiger partial charge in [0.25, 0.3) is 0 Å². The molecule has 0 spiro atoms. The summed E-state index contributed by atoms with van der Waals surface area (Å²) < 4.78 is 1.12. The van der Waals surface area contributed by atoms with Crippen LogP contribution in [0.3, 0.4) is 0 Å². The first-order chi connectivity index (χ1) is 6.04. The molecule has 1 rings (SSSR count). The standard InChI is InChI=1S/C6H10N4O3/c1-4(11)5(7)9-3-2-8-6(9)10(12)13/h2-5,11H,7H2,1H3. The van der Waals surface area contributed by atoms with E-state index < -0.39 is 17.2 Å². The Morgan fingerprint density at radius 3 is 2.92 bits per heavy atom. The molecule has 7 heteroatoms. The van der Waals surface area contributed by atoms with Crippen molar-refractivity contribution in [3.8, 4) is 0 Å². The Morgan fingerprint density at radius 2 is 2.46 bits per heavy atom. The number of aliphatic hydroxyl groups excluding tert-OH is 1. The molecule has 13 heavy (non-hydrogen) atoms. The van der Waals surface area contributed by atoms with Crippen LogP contribution < -0.4 is 5.73 Å². The Labute approximate surface area is 74.0 Å². The fourth-order valence-electron chi connectivity index (χ4n) is 0.912. The SMILES string of the molecule is CC(O)C(N)n1ccnc1[N+](=O)[O-]. The number of nitro groups is 1. The van der Waals surface area contributed by atoms with Crippen molar-refractivity contribution in [2.45, 2.75) is 19.2 Å². The van der Waals surface area contributed by atoms with E-state index in [2.05, 4.69) is 4.98 Å². The van der Waals surface area contributed by atoms with Crippen LogP contribution in [0, 0.1) is 10.1 Å². The van der Waals surface area contributed by atoms with Crippen LogP contribution in [-0.2, 0) is 0 Å². The summed E-state index contributed by atoms with van der Waals surface area (Å²) >= 11 is 0. The topological polar surface area (TPSA) is 107 Å².